The van der Waals surface area contributed by atoms with Crippen molar-refractivity contribution in [2.45, 2.75) is 25.6 Å². The second-order valence-corrected chi connectivity index (χ2v) is 4.36. The Morgan fingerprint density at radius 1 is 1.00 bits per heavy atom. The topological polar surface area (TPSA) is 47.9 Å². The van der Waals surface area contributed by atoms with E-state index < -0.39 is 11.7 Å². The first-order valence-electron chi connectivity index (χ1n) is 5.40. The molecule has 0 amide bonds. The van der Waals surface area contributed by atoms with Gasteiger partial charge in [-0.3, -0.25) is 0 Å². The van der Waals surface area contributed by atoms with Gasteiger partial charge in [-0.1, -0.05) is 0 Å². The van der Waals surface area contributed by atoms with E-state index in [1.165, 1.54) is 0 Å². The molecule has 1 aromatic carbocycles. The Morgan fingerprint density at radius 3 is 1.82 bits per heavy atom. The first-order chi connectivity index (χ1) is 7.94. The zero-order valence-electron chi connectivity index (χ0n) is 11.0. The van der Waals surface area contributed by atoms with E-state index in [1.807, 2.05) is 13.8 Å². The van der Waals surface area contributed by atoms with E-state index in [2.05, 4.69) is 0 Å². The molecule has 0 aliphatic rings. The summed E-state index contributed by atoms with van der Waals surface area (Å²) in [6.45, 7) is 3.65. The van der Waals surface area contributed by atoms with Crippen molar-refractivity contribution in [2.75, 3.05) is 21.3 Å². The molecule has 0 fully saturated rings. The van der Waals surface area contributed by atoms with E-state index >= 15 is 0 Å². The average molecular weight is 240 g/mol. The van der Waals surface area contributed by atoms with E-state index in [0.29, 0.717) is 17.1 Å². The van der Waals surface area contributed by atoms with E-state index in [0.717, 1.165) is 0 Å². The monoisotopic (exact) mass is 240 g/mol. The van der Waals surface area contributed by atoms with Crippen LogP contribution < -0.4 is 9.47 Å². The van der Waals surface area contributed by atoms with Crippen molar-refractivity contribution in [2.24, 2.45) is 0 Å². The lowest BCUT2D eigenvalue weighted by atomic mass is 9.94. The summed E-state index contributed by atoms with van der Waals surface area (Å²) in [6.07, 6.45) is -0.753. The number of aliphatic hydroxyl groups excluding tert-OH is 1. The van der Waals surface area contributed by atoms with E-state index in [9.17, 15) is 5.11 Å². The summed E-state index contributed by atoms with van der Waals surface area (Å²) in [7, 11) is 4.72. The van der Waals surface area contributed by atoms with E-state index in [1.54, 1.807) is 39.5 Å². The second kappa shape index (κ2) is 5.38. The van der Waals surface area contributed by atoms with Gasteiger partial charge in [-0.15, -0.1) is 0 Å². The third-order valence-corrected chi connectivity index (χ3v) is 2.87. The zero-order valence-corrected chi connectivity index (χ0v) is 11.0. The Balaban J connectivity index is 3.12. The van der Waals surface area contributed by atoms with Gasteiger partial charge >= 0.3 is 0 Å². The van der Waals surface area contributed by atoms with Crippen LogP contribution in [0.1, 0.15) is 25.5 Å². The van der Waals surface area contributed by atoms with Gasteiger partial charge in [0.05, 0.1) is 19.8 Å². The van der Waals surface area contributed by atoms with Crippen LogP contribution in [0.25, 0.3) is 0 Å². The number of rotatable bonds is 5. The van der Waals surface area contributed by atoms with Gasteiger partial charge in [-0.05, 0) is 31.5 Å². The van der Waals surface area contributed by atoms with Gasteiger partial charge in [0.1, 0.15) is 17.6 Å². The minimum absolute atomic E-state index is 0.644. The lowest BCUT2D eigenvalue weighted by Gasteiger charge is -2.29. The van der Waals surface area contributed by atoms with Crippen LogP contribution in [0, 0.1) is 0 Å². The molecule has 0 saturated carbocycles. The lowest BCUT2D eigenvalue weighted by Crippen LogP contribution is -2.31. The first-order valence-corrected chi connectivity index (χ1v) is 5.40. The second-order valence-electron chi connectivity index (χ2n) is 4.36. The molecule has 0 saturated heterocycles. The summed E-state index contributed by atoms with van der Waals surface area (Å²) >= 11 is 0. The zero-order chi connectivity index (χ0) is 13.1. The largest absolute Gasteiger partial charge is 0.497 e. The highest BCUT2D eigenvalue weighted by molar-refractivity contribution is 5.40. The van der Waals surface area contributed by atoms with Crippen LogP contribution in [0.3, 0.4) is 0 Å². The van der Waals surface area contributed by atoms with Gasteiger partial charge in [0, 0.05) is 13.2 Å². The van der Waals surface area contributed by atoms with Crippen LogP contribution >= 0.6 is 0 Å². The van der Waals surface area contributed by atoms with E-state index in [-0.39, 0.29) is 0 Å². The molecule has 4 heteroatoms. The molecule has 0 aliphatic carbocycles. The van der Waals surface area contributed by atoms with Crippen LogP contribution in [0.15, 0.2) is 18.2 Å². The molecule has 4 nitrogen and oxygen atoms in total. The number of hydrogen-bond acceptors (Lipinski definition) is 4. The third kappa shape index (κ3) is 3.11. The van der Waals surface area contributed by atoms with Crippen molar-refractivity contribution in [3.63, 3.8) is 0 Å². The van der Waals surface area contributed by atoms with Gasteiger partial charge in [0.2, 0.25) is 0 Å². The predicted molar refractivity (Wildman–Crippen MR) is 65.6 cm³/mol. The Labute approximate surface area is 102 Å². The molecule has 17 heavy (non-hydrogen) atoms. The van der Waals surface area contributed by atoms with Crippen LogP contribution in [0.5, 0.6) is 11.5 Å². The summed E-state index contributed by atoms with van der Waals surface area (Å²) in [5, 5.41) is 10.3. The number of aliphatic hydroxyl groups is 1. The SMILES string of the molecule is COc1cc(OC)cc(C(O)C(C)(C)OC)c1. The molecule has 0 heterocycles. The normalized spacial score (nSPS) is 13.3. The van der Waals surface area contributed by atoms with Crippen molar-refractivity contribution >= 4 is 0 Å². The minimum Gasteiger partial charge on any atom is -0.497 e. The van der Waals surface area contributed by atoms with E-state index in [4.69, 9.17) is 14.2 Å². The quantitative estimate of drug-likeness (QED) is 0.856. The Kier molecular flexibility index (Phi) is 4.37. The maximum Gasteiger partial charge on any atom is 0.122 e. The van der Waals surface area contributed by atoms with Gasteiger partial charge in [0.15, 0.2) is 0 Å². The summed E-state index contributed by atoms with van der Waals surface area (Å²) in [5.41, 5.74) is 0.0326. The Bertz CT molecular complexity index is 351. The van der Waals surface area contributed by atoms with Crippen molar-refractivity contribution in [1.82, 2.24) is 0 Å². The first kappa shape index (κ1) is 13.8. The lowest BCUT2D eigenvalue weighted by molar-refractivity contribution is -0.0794. The molecule has 0 spiro atoms. The molecule has 1 unspecified atom stereocenters. The highest BCUT2D eigenvalue weighted by atomic mass is 16.5. The average Bonchev–Trinajstić information content (AvgIpc) is 2.36. The fourth-order valence-corrected chi connectivity index (χ4v) is 1.50. The van der Waals surface area contributed by atoms with Crippen LogP contribution in [-0.2, 0) is 4.74 Å². The summed E-state index contributed by atoms with van der Waals surface area (Å²) < 4.78 is 15.6. The maximum absolute atomic E-state index is 10.3. The smallest absolute Gasteiger partial charge is 0.122 e. The molecular weight excluding hydrogens is 220 g/mol. The number of ether oxygens (including phenoxy) is 3. The van der Waals surface area contributed by atoms with Crippen LogP contribution in [0.4, 0.5) is 0 Å². The van der Waals surface area contributed by atoms with Crippen molar-refractivity contribution in [3.8, 4) is 11.5 Å². The van der Waals surface area contributed by atoms with Gasteiger partial charge in [-0.25, -0.2) is 0 Å². The molecule has 1 aromatic rings. The van der Waals surface area contributed by atoms with Crippen molar-refractivity contribution in [1.29, 1.82) is 0 Å². The number of hydrogen-bond donors (Lipinski definition) is 1. The Morgan fingerprint density at radius 2 is 1.47 bits per heavy atom. The van der Waals surface area contributed by atoms with Crippen LogP contribution in [-0.4, -0.2) is 32.0 Å². The van der Waals surface area contributed by atoms with Crippen molar-refractivity contribution in [3.05, 3.63) is 23.8 Å². The predicted octanol–water partition coefficient (Wildman–Crippen LogP) is 2.16. The fraction of sp³-hybridized carbons (Fsp3) is 0.538. The number of benzene rings is 1. The highest BCUT2D eigenvalue weighted by Crippen LogP contribution is 2.33. The summed E-state index contributed by atoms with van der Waals surface area (Å²) in [6, 6.07) is 5.30. The van der Waals surface area contributed by atoms with Gasteiger partial charge in [0.25, 0.3) is 0 Å². The van der Waals surface area contributed by atoms with Gasteiger partial charge < -0.3 is 19.3 Å². The van der Waals surface area contributed by atoms with Crippen molar-refractivity contribution < 1.29 is 19.3 Å². The molecule has 1 N–H and O–H groups in total. The van der Waals surface area contributed by atoms with Crippen LogP contribution in [0.2, 0.25) is 0 Å². The molecular formula is C13H20O4. The number of methoxy groups -OCH3 is 3. The molecule has 0 aliphatic heterocycles. The summed E-state index contributed by atoms with van der Waals surface area (Å²) in [5.74, 6) is 1.29. The minimum atomic E-state index is -0.753. The fourth-order valence-electron chi connectivity index (χ4n) is 1.50. The molecule has 96 valence electrons. The maximum atomic E-state index is 10.3. The standard InChI is InChI=1S/C13H20O4/c1-13(2,17-5)12(14)9-6-10(15-3)8-11(7-9)16-4/h6-8,12,14H,1-5H3. The molecule has 0 bridgehead atoms. The summed E-state index contributed by atoms with van der Waals surface area (Å²) in [4.78, 5) is 0. The molecule has 0 radical (unpaired) electrons. The Hall–Kier alpha value is -1.26. The molecule has 1 atom stereocenters. The molecule has 0 aromatic heterocycles. The molecule has 1 rings (SSSR count). The van der Waals surface area contributed by atoms with Gasteiger partial charge in [-0.2, -0.15) is 0 Å². The third-order valence-electron chi connectivity index (χ3n) is 2.87. The highest BCUT2D eigenvalue weighted by Gasteiger charge is 2.29.